The minimum atomic E-state index is -0.514. The summed E-state index contributed by atoms with van der Waals surface area (Å²) < 4.78 is 11.0. The van der Waals surface area contributed by atoms with E-state index in [9.17, 15) is 4.79 Å². The van der Waals surface area contributed by atoms with Gasteiger partial charge in [-0.05, 0) is 45.9 Å². The van der Waals surface area contributed by atoms with Crippen LogP contribution >= 0.6 is 11.6 Å². The normalized spacial score (nSPS) is 19.1. The smallest absolute Gasteiger partial charge is 0.344 e. The monoisotopic (exact) mass is 354 g/mol. The molecule has 5 nitrogen and oxygen atoms in total. The Balaban J connectivity index is 2.00. The first-order valence-corrected chi connectivity index (χ1v) is 8.69. The van der Waals surface area contributed by atoms with E-state index in [2.05, 4.69) is 17.1 Å². The number of nitrogens with zero attached hydrogens (tertiary/aromatic N) is 1. The Kier molecular flexibility index (Phi) is 6.49. The summed E-state index contributed by atoms with van der Waals surface area (Å²) in [7, 11) is 0. The van der Waals surface area contributed by atoms with Crippen LogP contribution in [-0.2, 0) is 16.1 Å². The molecule has 6 heteroatoms. The molecule has 1 fully saturated rings. The molecule has 0 aliphatic carbocycles. The number of carbonyl (C=O) groups is 1. The van der Waals surface area contributed by atoms with Gasteiger partial charge in [-0.25, -0.2) is 4.79 Å². The zero-order valence-corrected chi connectivity index (χ0v) is 15.7. The number of nitrogens with one attached hydrogen (secondary N) is 1. The molecule has 1 aliphatic rings. The predicted octanol–water partition coefficient (Wildman–Crippen LogP) is 2.85. The molecule has 1 saturated heterocycles. The van der Waals surface area contributed by atoms with Crippen LogP contribution in [0.2, 0.25) is 5.02 Å². The molecule has 0 bridgehead atoms. The zero-order valence-electron chi connectivity index (χ0n) is 14.9. The van der Waals surface area contributed by atoms with E-state index in [1.54, 1.807) is 6.07 Å². The quantitative estimate of drug-likeness (QED) is 0.824. The standard InChI is InChI=1S/C18H27ClN2O3/c1-13-10-21(8-7-20-13)11-14-9-15(19)5-6-16(14)23-12-17(22)24-18(2,3)4/h5-6,9,13,20H,7-8,10-12H2,1-4H3. The maximum atomic E-state index is 11.9. The van der Waals surface area contributed by atoms with E-state index in [0.29, 0.717) is 16.8 Å². The molecular formula is C18H27ClN2O3. The van der Waals surface area contributed by atoms with E-state index >= 15 is 0 Å². The Hall–Kier alpha value is -1.30. The van der Waals surface area contributed by atoms with Crippen molar-refractivity contribution in [2.75, 3.05) is 26.2 Å². The molecule has 134 valence electrons. The van der Waals surface area contributed by atoms with Crippen molar-refractivity contribution in [1.29, 1.82) is 0 Å². The number of piperazine rings is 1. The third-order valence-corrected chi connectivity index (χ3v) is 3.87. The number of ether oxygens (including phenoxy) is 2. The molecule has 1 aromatic rings. The van der Waals surface area contributed by atoms with Gasteiger partial charge in [0, 0.05) is 42.8 Å². The van der Waals surface area contributed by atoms with E-state index in [-0.39, 0.29) is 12.6 Å². The molecular weight excluding hydrogens is 328 g/mol. The van der Waals surface area contributed by atoms with E-state index in [4.69, 9.17) is 21.1 Å². The largest absolute Gasteiger partial charge is 0.482 e. The molecule has 1 aromatic carbocycles. The van der Waals surface area contributed by atoms with Gasteiger partial charge in [0.2, 0.25) is 0 Å². The predicted molar refractivity (Wildman–Crippen MR) is 95.5 cm³/mol. The van der Waals surface area contributed by atoms with Crippen molar-refractivity contribution < 1.29 is 14.3 Å². The second kappa shape index (κ2) is 8.19. The van der Waals surface area contributed by atoms with Crippen LogP contribution in [0.4, 0.5) is 0 Å². The number of hydrogen-bond donors (Lipinski definition) is 1. The third kappa shape index (κ3) is 6.30. The van der Waals surface area contributed by atoms with Crippen molar-refractivity contribution in [2.24, 2.45) is 0 Å². The topological polar surface area (TPSA) is 50.8 Å². The molecule has 0 amide bonds. The highest BCUT2D eigenvalue weighted by atomic mass is 35.5. The van der Waals surface area contributed by atoms with Gasteiger partial charge in [0.15, 0.2) is 6.61 Å². The molecule has 0 radical (unpaired) electrons. The first kappa shape index (κ1) is 19.0. The van der Waals surface area contributed by atoms with Crippen LogP contribution in [0.15, 0.2) is 18.2 Å². The van der Waals surface area contributed by atoms with Gasteiger partial charge in [-0.2, -0.15) is 0 Å². The van der Waals surface area contributed by atoms with Crippen molar-refractivity contribution >= 4 is 17.6 Å². The second-order valence-corrected chi connectivity index (χ2v) is 7.65. The molecule has 1 unspecified atom stereocenters. The van der Waals surface area contributed by atoms with Crippen molar-refractivity contribution in [1.82, 2.24) is 10.2 Å². The summed E-state index contributed by atoms with van der Waals surface area (Å²) in [6.07, 6.45) is 0. The van der Waals surface area contributed by atoms with E-state index in [1.807, 2.05) is 32.9 Å². The summed E-state index contributed by atoms with van der Waals surface area (Å²) in [6, 6.07) is 5.95. The van der Waals surface area contributed by atoms with Gasteiger partial charge in [0.05, 0.1) is 0 Å². The summed E-state index contributed by atoms with van der Waals surface area (Å²) in [5.41, 5.74) is 0.473. The lowest BCUT2D eigenvalue weighted by atomic mass is 10.1. The van der Waals surface area contributed by atoms with E-state index in [1.165, 1.54) is 0 Å². The molecule has 1 atom stereocenters. The van der Waals surface area contributed by atoms with Gasteiger partial charge < -0.3 is 14.8 Å². The van der Waals surface area contributed by atoms with Crippen LogP contribution in [0.25, 0.3) is 0 Å². The van der Waals surface area contributed by atoms with Crippen LogP contribution in [0.1, 0.15) is 33.3 Å². The Labute approximate surface area is 149 Å². The molecule has 1 N–H and O–H groups in total. The van der Waals surface area contributed by atoms with Crippen LogP contribution in [0, 0.1) is 0 Å². The van der Waals surface area contributed by atoms with Crippen molar-refractivity contribution in [2.45, 2.75) is 45.9 Å². The second-order valence-electron chi connectivity index (χ2n) is 7.22. The zero-order chi connectivity index (χ0) is 17.7. The van der Waals surface area contributed by atoms with Gasteiger partial charge in [0.25, 0.3) is 0 Å². The van der Waals surface area contributed by atoms with Crippen molar-refractivity contribution in [3.05, 3.63) is 28.8 Å². The molecule has 0 spiro atoms. The third-order valence-electron chi connectivity index (χ3n) is 3.63. The van der Waals surface area contributed by atoms with E-state index in [0.717, 1.165) is 31.7 Å². The summed E-state index contributed by atoms with van der Waals surface area (Å²) in [5, 5.41) is 4.09. The molecule has 1 aliphatic heterocycles. The Morgan fingerprint density at radius 2 is 2.17 bits per heavy atom. The van der Waals surface area contributed by atoms with Crippen LogP contribution in [0.3, 0.4) is 0 Å². The van der Waals surface area contributed by atoms with Crippen LogP contribution in [-0.4, -0.2) is 48.8 Å². The number of carbonyl (C=O) groups excluding carboxylic acids is 1. The molecule has 2 rings (SSSR count). The number of rotatable bonds is 5. The maximum absolute atomic E-state index is 11.9. The number of hydrogen-bond acceptors (Lipinski definition) is 5. The van der Waals surface area contributed by atoms with Gasteiger partial charge in [-0.15, -0.1) is 0 Å². The van der Waals surface area contributed by atoms with Gasteiger partial charge in [-0.3, -0.25) is 4.90 Å². The van der Waals surface area contributed by atoms with Crippen molar-refractivity contribution in [3.63, 3.8) is 0 Å². The lowest BCUT2D eigenvalue weighted by molar-refractivity contribution is -0.157. The fourth-order valence-corrected chi connectivity index (χ4v) is 2.91. The first-order chi connectivity index (χ1) is 11.2. The fraction of sp³-hybridized carbons (Fsp3) is 0.611. The van der Waals surface area contributed by atoms with Gasteiger partial charge in [0.1, 0.15) is 11.4 Å². The van der Waals surface area contributed by atoms with Gasteiger partial charge in [-0.1, -0.05) is 11.6 Å². The summed E-state index contributed by atoms with van der Waals surface area (Å²) >= 11 is 6.13. The highest BCUT2D eigenvalue weighted by molar-refractivity contribution is 6.30. The number of esters is 1. The maximum Gasteiger partial charge on any atom is 0.344 e. The minimum Gasteiger partial charge on any atom is -0.482 e. The average molecular weight is 355 g/mol. The molecule has 1 heterocycles. The van der Waals surface area contributed by atoms with E-state index < -0.39 is 5.60 Å². The highest BCUT2D eigenvalue weighted by Gasteiger charge is 2.19. The SMILES string of the molecule is CC1CN(Cc2cc(Cl)ccc2OCC(=O)OC(C)(C)C)CCN1. The molecule has 0 aromatic heterocycles. The Bertz CT molecular complexity index is 572. The number of benzene rings is 1. The fourth-order valence-electron chi connectivity index (χ4n) is 2.72. The Morgan fingerprint density at radius 1 is 1.42 bits per heavy atom. The highest BCUT2D eigenvalue weighted by Crippen LogP contribution is 2.25. The average Bonchev–Trinajstić information content (AvgIpc) is 2.44. The lowest BCUT2D eigenvalue weighted by Crippen LogP contribution is -2.48. The van der Waals surface area contributed by atoms with Crippen LogP contribution < -0.4 is 10.1 Å². The molecule has 0 saturated carbocycles. The summed E-state index contributed by atoms with van der Waals surface area (Å²) in [5.74, 6) is 0.302. The van der Waals surface area contributed by atoms with Crippen LogP contribution in [0.5, 0.6) is 5.75 Å². The first-order valence-electron chi connectivity index (χ1n) is 8.32. The summed E-state index contributed by atoms with van der Waals surface area (Å²) in [4.78, 5) is 14.2. The Morgan fingerprint density at radius 3 is 2.83 bits per heavy atom. The van der Waals surface area contributed by atoms with Gasteiger partial charge >= 0.3 is 5.97 Å². The lowest BCUT2D eigenvalue weighted by Gasteiger charge is -2.32. The van der Waals surface area contributed by atoms with Crippen molar-refractivity contribution in [3.8, 4) is 5.75 Å². The summed E-state index contributed by atoms with van der Waals surface area (Å²) in [6.45, 7) is 11.2. The molecule has 24 heavy (non-hydrogen) atoms. The number of halogens is 1. The minimum absolute atomic E-state index is 0.107.